The SMILES string of the molecule is O=C1c2ccccc2C(=O)c2c3c(cc(Nc4ccccc4)c21)OC1C=CC=CC1=[NH+]3. The van der Waals surface area contributed by atoms with E-state index in [4.69, 9.17) is 4.74 Å². The van der Waals surface area contributed by atoms with Crippen molar-refractivity contribution < 1.29 is 19.3 Å². The average Bonchev–Trinajstić information content (AvgIpc) is 2.81. The van der Waals surface area contributed by atoms with Crippen molar-refractivity contribution in [3.63, 3.8) is 0 Å². The van der Waals surface area contributed by atoms with Gasteiger partial charge in [0.15, 0.2) is 11.5 Å². The van der Waals surface area contributed by atoms with Crippen molar-refractivity contribution in [3.05, 3.63) is 107 Å². The highest BCUT2D eigenvalue weighted by molar-refractivity contribution is 6.32. The van der Waals surface area contributed by atoms with Gasteiger partial charge in [0.1, 0.15) is 5.56 Å². The number of carbonyl (C=O) groups excluding carboxylic acids is 2. The maximum Gasteiger partial charge on any atom is 0.258 e. The maximum atomic E-state index is 13.6. The molecule has 0 bridgehead atoms. The summed E-state index contributed by atoms with van der Waals surface area (Å²) < 4.78 is 6.21. The predicted molar refractivity (Wildman–Crippen MR) is 118 cm³/mol. The standard InChI is InChI=1S/C26H16N2O3/c29-25-16-10-4-5-11-17(16)26(30)23-22(25)19(27-15-8-2-1-3-9-15)14-21-24(23)28-18-12-6-7-13-20(18)31-21/h1-14,20,27H/p+1. The topological polar surface area (TPSA) is 69.4 Å². The number of ketones is 2. The number of fused-ring (bicyclic) bond motifs is 5. The largest absolute Gasteiger partial charge is 0.468 e. The number of anilines is 2. The molecular formula is C26H17N2O3+. The van der Waals surface area contributed by atoms with Crippen molar-refractivity contribution in [3.8, 4) is 5.75 Å². The molecule has 1 unspecified atom stereocenters. The first kappa shape index (κ1) is 17.6. The van der Waals surface area contributed by atoms with Crippen LogP contribution in [-0.4, -0.2) is 23.4 Å². The van der Waals surface area contributed by atoms with E-state index in [2.05, 4.69) is 10.3 Å². The molecule has 0 aromatic heterocycles. The zero-order valence-corrected chi connectivity index (χ0v) is 16.4. The first-order chi connectivity index (χ1) is 15.2. The smallest absolute Gasteiger partial charge is 0.258 e. The highest BCUT2D eigenvalue weighted by Crippen LogP contribution is 2.42. The Morgan fingerprint density at radius 3 is 2.32 bits per heavy atom. The Morgan fingerprint density at radius 2 is 1.55 bits per heavy atom. The van der Waals surface area contributed by atoms with E-state index in [1.165, 1.54) is 0 Å². The Morgan fingerprint density at radius 1 is 0.839 bits per heavy atom. The molecule has 1 aliphatic heterocycles. The van der Waals surface area contributed by atoms with Gasteiger partial charge in [0.25, 0.3) is 5.69 Å². The summed E-state index contributed by atoms with van der Waals surface area (Å²) in [6.07, 6.45) is 7.43. The van der Waals surface area contributed by atoms with E-state index in [9.17, 15) is 9.59 Å². The van der Waals surface area contributed by atoms with Crippen LogP contribution < -0.4 is 15.0 Å². The van der Waals surface area contributed by atoms with Gasteiger partial charge in [-0.1, -0.05) is 54.6 Å². The number of carbonyl (C=O) groups is 2. The quantitative estimate of drug-likeness (QED) is 0.537. The van der Waals surface area contributed by atoms with E-state index in [1.54, 1.807) is 30.3 Å². The summed E-state index contributed by atoms with van der Waals surface area (Å²) in [6, 6.07) is 18.3. The zero-order valence-electron chi connectivity index (χ0n) is 16.4. The summed E-state index contributed by atoms with van der Waals surface area (Å²) in [7, 11) is 0. The maximum absolute atomic E-state index is 13.6. The van der Waals surface area contributed by atoms with Crippen molar-refractivity contribution in [2.24, 2.45) is 0 Å². The van der Waals surface area contributed by atoms with Crippen molar-refractivity contribution in [1.82, 2.24) is 0 Å². The number of hydrogen-bond donors (Lipinski definition) is 2. The predicted octanol–water partition coefficient (Wildman–Crippen LogP) is 3.25. The number of allylic oxidation sites excluding steroid dienone is 2. The van der Waals surface area contributed by atoms with E-state index < -0.39 is 0 Å². The molecule has 2 aliphatic carbocycles. The Labute approximate surface area is 178 Å². The van der Waals surface area contributed by atoms with Crippen LogP contribution in [0.4, 0.5) is 17.1 Å². The van der Waals surface area contributed by atoms with Gasteiger partial charge in [-0.15, -0.1) is 0 Å². The Bertz CT molecular complexity index is 1370. The molecule has 3 aromatic carbocycles. The third-order valence-corrected chi connectivity index (χ3v) is 5.72. The zero-order chi connectivity index (χ0) is 20.9. The minimum absolute atomic E-state index is 0.181. The molecule has 6 rings (SSSR count). The van der Waals surface area contributed by atoms with Crippen LogP contribution in [0.2, 0.25) is 0 Å². The Hall–Kier alpha value is -4.25. The molecule has 1 atom stereocenters. The van der Waals surface area contributed by atoms with Crippen molar-refractivity contribution in [1.29, 1.82) is 0 Å². The fourth-order valence-electron chi connectivity index (χ4n) is 4.28. The van der Waals surface area contributed by atoms with Gasteiger partial charge < -0.3 is 10.1 Å². The number of hydrogen-bond acceptors (Lipinski definition) is 4. The molecule has 31 heavy (non-hydrogen) atoms. The van der Waals surface area contributed by atoms with Crippen molar-refractivity contribution >= 4 is 34.3 Å². The van der Waals surface area contributed by atoms with Gasteiger partial charge >= 0.3 is 0 Å². The van der Waals surface area contributed by atoms with Crippen LogP contribution in [0.1, 0.15) is 31.8 Å². The van der Waals surface area contributed by atoms with E-state index in [-0.39, 0.29) is 17.7 Å². The van der Waals surface area contributed by atoms with Crippen molar-refractivity contribution in [2.45, 2.75) is 6.10 Å². The molecule has 0 saturated heterocycles. The summed E-state index contributed by atoms with van der Waals surface area (Å²) in [6.45, 7) is 0. The van der Waals surface area contributed by atoms with Gasteiger partial charge in [-0.25, -0.2) is 4.99 Å². The highest BCUT2D eigenvalue weighted by atomic mass is 16.5. The first-order valence-corrected chi connectivity index (χ1v) is 10.1. The summed E-state index contributed by atoms with van der Waals surface area (Å²) in [5.41, 5.74) is 4.26. The number of benzene rings is 3. The molecule has 0 amide bonds. The lowest BCUT2D eigenvalue weighted by molar-refractivity contribution is -0.362. The summed E-state index contributed by atoms with van der Waals surface area (Å²) in [4.78, 5) is 30.5. The van der Waals surface area contributed by atoms with Gasteiger partial charge in [0, 0.05) is 29.0 Å². The lowest BCUT2D eigenvalue weighted by Gasteiger charge is -2.25. The molecular weight excluding hydrogens is 388 g/mol. The van der Waals surface area contributed by atoms with Gasteiger partial charge in [0.2, 0.25) is 17.6 Å². The average molecular weight is 405 g/mol. The summed E-state index contributed by atoms with van der Waals surface area (Å²) in [5.74, 6) is 0.162. The van der Waals surface area contributed by atoms with Crippen LogP contribution in [0.15, 0.2) is 85.0 Å². The fraction of sp³-hybridized carbons (Fsp3) is 0.0385. The minimum atomic E-state index is -0.262. The molecule has 0 spiro atoms. The van der Waals surface area contributed by atoms with Crippen LogP contribution >= 0.6 is 0 Å². The number of ether oxygens (including phenoxy) is 1. The molecule has 2 N–H and O–H groups in total. The van der Waals surface area contributed by atoms with Crippen LogP contribution in [0.3, 0.4) is 0 Å². The second kappa shape index (κ2) is 6.64. The molecule has 0 radical (unpaired) electrons. The van der Waals surface area contributed by atoms with E-state index in [0.29, 0.717) is 39.4 Å². The molecule has 1 heterocycles. The first-order valence-electron chi connectivity index (χ1n) is 10.1. The lowest BCUT2D eigenvalue weighted by atomic mass is 9.81. The van der Waals surface area contributed by atoms with Gasteiger partial charge in [-0.05, 0) is 18.2 Å². The van der Waals surface area contributed by atoms with E-state index in [1.807, 2.05) is 54.6 Å². The Kier molecular flexibility index (Phi) is 3.77. The van der Waals surface area contributed by atoms with Crippen molar-refractivity contribution in [2.75, 3.05) is 5.32 Å². The molecule has 5 nitrogen and oxygen atoms in total. The van der Waals surface area contributed by atoms with Crippen LogP contribution in [0.25, 0.3) is 0 Å². The molecule has 0 saturated carbocycles. The third-order valence-electron chi connectivity index (χ3n) is 5.72. The Balaban J connectivity index is 1.62. The normalized spacial score (nSPS) is 17.7. The molecule has 0 fully saturated rings. The van der Waals surface area contributed by atoms with Crippen LogP contribution in [0, 0.1) is 0 Å². The van der Waals surface area contributed by atoms with Crippen LogP contribution in [0.5, 0.6) is 5.75 Å². The summed E-state index contributed by atoms with van der Waals surface area (Å²) >= 11 is 0. The summed E-state index contributed by atoms with van der Waals surface area (Å²) in [5, 5.41) is 3.32. The molecule has 3 aliphatic rings. The fourth-order valence-corrected chi connectivity index (χ4v) is 4.28. The number of rotatable bonds is 2. The second-order valence-electron chi connectivity index (χ2n) is 7.60. The van der Waals surface area contributed by atoms with Crippen LogP contribution in [-0.2, 0) is 0 Å². The minimum Gasteiger partial charge on any atom is -0.468 e. The van der Waals surface area contributed by atoms with E-state index >= 15 is 0 Å². The highest BCUT2D eigenvalue weighted by Gasteiger charge is 2.41. The third kappa shape index (κ3) is 2.67. The lowest BCUT2D eigenvalue weighted by Crippen LogP contribution is -2.72. The van der Waals surface area contributed by atoms with Gasteiger partial charge in [0.05, 0.1) is 11.3 Å². The number of nitrogens with one attached hydrogen (secondary N) is 2. The molecule has 3 aromatic rings. The number of para-hydroxylation sites is 1. The van der Waals surface area contributed by atoms with E-state index in [0.717, 1.165) is 11.4 Å². The molecule has 5 heteroatoms. The second-order valence-corrected chi connectivity index (χ2v) is 7.60. The molecule has 148 valence electrons. The monoisotopic (exact) mass is 405 g/mol. The van der Waals surface area contributed by atoms with Gasteiger partial charge in [-0.2, -0.15) is 0 Å². The van der Waals surface area contributed by atoms with Gasteiger partial charge in [-0.3, -0.25) is 9.59 Å².